The number of hydrogen-bond donors (Lipinski definition) is 1. The summed E-state index contributed by atoms with van der Waals surface area (Å²) in [6, 6.07) is 23.4. The number of carbonyl (C=O) groups is 2. The number of rotatable bonds is 7. The highest BCUT2D eigenvalue weighted by Crippen LogP contribution is 2.26. The van der Waals surface area contributed by atoms with Gasteiger partial charge in [0.15, 0.2) is 0 Å². The first-order chi connectivity index (χ1) is 16.5. The second-order valence-corrected chi connectivity index (χ2v) is 8.56. The first kappa shape index (κ1) is 23.5. The van der Waals surface area contributed by atoms with Crippen molar-refractivity contribution in [3.05, 3.63) is 101 Å². The minimum absolute atomic E-state index is 0.0219. The molecule has 0 bridgehead atoms. The molecule has 0 unspecified atom stereocenters. The van der Waals surface area contributed by atoms with Crippen LogP contribution >= 0.6 is 0 Å². The molecule has 2 amide bonds. The molecule has 0 spiro atoms. The monoisotopic (exact) mass is 459 g/mol. The van der Waals surface area contributed by atoms with Crippen molar-refractivity contribution in [3.8, 4) is 0 Å². The molecule has 1 aliphatic heterocycles. The van der Waals surface area contributed by atoms with E-state index in [1.54, 1.807) is 0 Å². The topological polar surface area (TPSA) is 52.7 Å². The Morgan fingerprint density at radius 1 is 0.941 bits per heavy atom. The van der Waals surface area contributed by atoms with Gasteiger partial charge in [0.1, 0.15) is 5.82 Å². The molecule has 176 valence electrons. The van der Waals surface area contributed by atoms with Gasteiger partial charge in [-0.1, -0.05) is 42.5 Å². The molecule has 1 saturated heterocycles. The van der Waals surface area contributed by atoms with Crippen molar-refractivity contribution in [3.63, 3.8) is 0 Å². The van der Waals surface area contributed by atoms with Crippen molar-refractivity contribution in [2.24, 2.45) is 0 Å². The van der Waals surface area contributed by atoms with E-state index >= 15 is 0 Å². The van der Waals surface area contributed by atoms with Gasteiger partial charge in [-0.2, -0.15) is 0 Å². The van der Waals surface area contributed by atoms with Gasteiger partial charge in [0.2, 0.25) is 0 Å². The van der Waals surface area contributed by atoms with Gasteiger partial charge in [-0.05, 0) is 61.7 Å². The Labute approximate surface area is 200 Å². The third-order valence-corrected chi connectivity index (χ3v) is 6.30. The molecule has 1 heterocycles. The van der Waals surface area contributed by atoms with Crippen LogP contribution in [0.5, 0.6) is 0 Å². The number of nitrogens with zero attached hydrogens (tertiary/aromatic N) is 2. The fourth-order valence-corrected chi connectivity index (χ4v) is 4.37. The number of halogens is 1. The van der Waals surface area contributed by atoms with E-state index in [1.807, 2.05) is 66.4 Å². The minimum Gasteiger partial charge on any atom is -0.371 e. The summed E-state index contributed by atoms with van der Waals surface area (Å²) in [5, 5.41) is 3.06. The lowest BCUT2D eigenvalue weighted by Crippen LogP contribution is -2.45. The van der Waals surface area contributed by atoms with Gasteiger partial charge in [-0.15, -0.1) is 0 Å². The molecule has 34 heavy (non-hydrogen) atoms. The van der Waals surface area contributed by atoms with Crippen molar-refractivity contribution < 1.29 is 14.0 Å². The predicted octanol–water partition coefficient (Wildman–Crippen LogP) is 4.89. The summed E-state index contributed by atoms with van der Waals surface area (Å²) < 4.78 is 13.1. The van der Waals surface area contributed by atoms with Crippen LogP contribution in [0, 0.1) is 5.82 Å². The van der Waals surface area contributed by atoms with E-state index in [-0.39, 0.29) is 23.7 Å². The first-order valence-corrected chi connectivity index (χ1v) is 11.8. The molecule has 6 heteroatoms. The highest BCUT2D eigenvalue weighted by molar-refractivity contribution is 6.00. The number of para-hydroxylation sites is 1. The Morgan fingerprint density at radius 2 is 1.59 bits per heavy atom. The Kier molecular flexibility index (Phi) is 7.58. The van der Waals surface area contributed by atoms with Crippen LogP contribution in [0.3, 0.4) is 0 Å². The zero-order chi connectivity index (χ0) is 23.9. The Morgan fingerprint density at radius 3 is 2.26 bits per heavy atom. The largest absolute Gasteiger partial charge is 0.371 e. The molecule has 1 fully saturated rings. The lowest BCUT2D eigenvalue weighted by Gasteiger charge is -2.35. The van der Waals surface area contributed by atoms with E-state index in [4.69, 9.17) is 0 Å². The molecule has 1 N–H and O–H groups in total. The van der Waals surface area contributed by atoms with E-state index in [0.717, 1.165) is 37.2 Å². The fourth-order valence-electron chi connectivity index (χ4n) is 4.37. The summed E-state index contributed by atoms with van der Waals surface area (Å²) in [5.41, 5.74) is 3.20. The summed E-state index contributed by atoms with van der Waals surface area (Å²) >= 11 is 0. The van der Waals surface area contributed by atoms with Crippen molar-refractivity contribution in [2.45, 2.75) is 32.4 Å². The smallest absolute Gasteiger partial charge is 0.256 e. The Bertz CT molecular complexity index is 1110. The number of amides is 2. The second kappa shape index (κ2) is 11.0. The van der Waals surface area contributed by atoms with Crippen molar-refractivity contribution in [1.82, 2.24) is 10.2 Å². The second-order valence-electron chi connectivity index (χ2n) is 8.56. The third kappa shape index (κ3) is 5.63. The van der Waals surface area contributed by atoms with E-state index in [1.165, 1.54) is 24.3 Å². The summed E-state index contributed by atoms with van der Waals surface area (Å²) in [6.07, 6.45) is 1.55. The SMILES string of the molecule is CCN(Cc1ccccc1)C(=O)c1ccccc1N1CCC(NC(=O)c2ccc(F)cc2)CC1. The average molecular weight is 460 g/mol. The normalized spacial score (nSPS) is 14.0. The molecule has 0 atom stereocenters. The van der Waals surface area contributed by atoms with Crippen molar-refractivity contribution in [2.75, 3.05) is 24.5 Å². The van der Waals surface area contributed by atoms with Crippen LogP contribution in [-0.2, 0) is 6.54 Å². The molecule has 3 aromatic carbocycles. The fraction of sp³-hybridized carbons (Fsp3) is 0.286. The van der Waals surface area contributed by atoms with Gasteiger partial charge in [-0.25, -0.2) is 4.39 Å². The van der Waals surface area contributed by atoms with Crippen LogP contribution < -0.4 is 10.2 Å². The first-order valence-electron chi connectivity index (χ1n) is 11.8. The lowest BCUT2D eigenvalue weighted by molar-refractivity contribution is 0.0753. The quantitative estimate of drug-likeness (QED) is 0.548. The zero-order valence-electron chi connectivity index (χ0n) is 19.4. The van der Waals surface area contributed by atoms with Crippen LogP contribution in [0.2, 0.25) is 0 Å². The van der Waals surface area contributed by atoms with Gasteiger partial charge in [-0.3, -0.25) is 9.59 Å². The van der Waals surface area contributed by atoms with Crippen LogP contribution in [0.4, 0.5) is 10.1 Å². The van der Waals surface area contributed by atoms with Gasteiger partial charge in [0, 0.05) is 43.5 Å². The third-order valence-electron chi connectivity index (χ3n) is 6.30. The summed E-state index contributed by atoms with van der Waals surface area (Å²) in [6.45, 7) is 4.67. The molecular weight excluding hydrogens is 429 g/mol. The molecule has 1 aliphatic rings. The van der Waals surface area contributed by atoms with Crippen LogP contribution in [-0.4, -0.2) is 42.4 Å². The molecule has 5 nitrogen and oxygen atoms in total. The zero-order valence-corrected chi connectivity index (χ0v) is 19.4. The maximum atomic E-state index is 13.4. The number of anilines is 1. The predicted molar refractivity (Wildman–Crippen MR) is 132 cm³/mol. The molecule has 0 saturated carbocycles. The number of piperidine rings is 1. The number of benzene rings is 3. The van der Waals surface area contributed by atoms with Gasteiger partial charge < -0.3 is 15.1 Å². The van der Waals surface area contributed by atoms with Crippen LogP contribution in [0.1, 0.15) is 46.0 Å². The van der Waals surface area contributed by atoms with Gasteiger partial charge in [0.05, 0.1) is 5.56 Å². The highest BCUT2D eigenvalue weighted by atomic mass is 19.1. The minimum atomic E-state index is -0.358. The number of carbonyl (C=O) groups excluding carboxylic acids is 2. The van der Waals surface area contributed by atoms with Crippen molar-refractivity contribution >= 4 is 17.5 Å². The Balaban J connectivity index is 1.40. The van der Waals surface area contributed by atoms with E-state index in [2.05, 4.69) is 10.2 Å². The average Bonchev–Trinajstić information content (AvgIpc) is 2.88. The standard InChI is InChI=1S/C28H30FN3O2/c1-2-31(20-21-8-4-3-5-9-21)28(34)25-10-6-7-11-26(25)32-18-16-24(17-19-32)30-27(33)22-12-14-23(29)15-13-22/h3-15,24H,2,16-20H2,1H3,(H,30,33). The highest BCUT2D eigenvalue weighted by Gasteiger charge is 2.25. The maximum Gasteiger partial charge on any atom is 0.256 e. The molecule has 3 aromatic rings. The molecule has 4 rings (SSSR count). The van der Waals surface area contributed by atoms with E-state index in [9.17, 15) is 14.0 Å². The summed E-state index contributed by atoms with van der Waals surface area (Å²) in [7, 11) is 0. The van der Waals surface area contributed by atoms with Crippen LogP contribution in [0.25, 0.3) is 0 Å². The molecule has 0 aliphatic carbocycles. The van der Waals surface area contributed by atoms with E-state index < -0.39 is 0 Å². The van der Waals surface area contributed by atoms with Crippen molar-refractivity contribution in [1.29, 1.82) is 0 Å². The summed E-state index contributed by atoms with van der Waals surface area (Å²) in [5.74, 6) is -0.523. The number of nitrogens with one attached hydrogen (secondary N) is 1. The molecular formula is C28H30FN3O2. The van der Waals surface area contributed by atoms with Gasteiger partial charge >= 0.3 is 0 Å². The number of hydrogen-bond acceptors (Lipinski definition) is 3. The Hall–Kier alpha value is -3.67. The van der Waals surface area contributed by atoms with Gasteiger partial charge in [0.25, 0.3) is 11.8 Å². The maximum absolute atomic E-state index is 13.4. The molecule has 0 radical (unpaired) electrons. The van der Waals surface area contributed by atoms with Crippen LogP contribution in [0.15, 0.2) is 78.9 Å². The summed E-state index contributed by atoms with van der Waals surface area (Å²) in [4.78, 5) is 30.0. The van der Waals surface area contributed by atoms with E-state index in [0.29, 0.717) is 24.2 Å². The molecule has 0 aromatic heterocycles. The lowest BCUT2D eigenvalue weighted by atomic mass is 10.0.